The average Bonchev–Trinajstić information content (AvgIpc) is 2.86. The lowest BCUT2D eigenvalue weighted by Gasteiger charge is -2.34. The molecule has 0 aliphatic heterocycles. The molecule has 19 heavy (non-hydrogen) atoms. The Bertz CT molecular complexity index is 535. The van der Waals surface area contributed by atoms with E-state index in [2.05, 4.69) is 10.1 Å². The van der Waals surface area contributed by atoms with Gasteiger partial charge in [-0.2, -0.15) is 4.98 Å². The molecule has 0 radical (unpaired) electrons. The zero-order chi connectivity index (χ0) is 13.1. The van der Waals surface area contributed by atoms with Gasteiger partial charge in [-0.15, -0.1) is 0 Å². The number of nitrogens with two attached hydrogens (primary N) is 1. The maximum atomic E-state index is 6.13. The average molecular weight is 259 g/mol. The Morgan fingerprint density at radius 2 is 2.00 bits per heavy atom. The van der Waals surface area contributed by atoms with E-state index in [9.17, 15) is 0 Å². The van der Waals surface area contributed by atoms with Gasteiger partial charge in [0.2, 0.25) is 0 Å². The van der Waals surface area contributed by atoms with Gasteiger partial charge in [-0.3, -0.25) is 0 Å². The Morgan fingerprint density at radius 3 is 2.68 bits per heavy atom. The molecule has 1 aliphatic rings. The number of hydrogen-bond donors (Lipinski definition) is 1. The Hall–Kier alpha value is -1.72. The molecule has 0 atom stereocenters. The Labute approximate surface area is 111 Å². The van der Waals surface area contributed by atoms with Crippen LogP contribution in [0.4, 0.5) is 0 Å². The van der Waals surface area contributed by atoms with Crippen molar-refractivity contribution in [3.05, 3.63) is 47.6 Å². The molecule has 1 fully saturated rings. The van der Waals surface area contributed by atoms with Crippen LogP contribution in [0.2, 0.25) is 0 Å². The molecule has 0 spiro atoms. The van der Waals surface area contributed by atoms with E-state index in [1.165, 1.54) is 0 Å². The smallest absolute Gasteiger partial charge is 0.252 e. The number of rotatable bonds is 5. The minimum Gasteiger partial charge on any atom is -0.367 e. The molecule has 3 rings (SSSR count). The summed E-state index contributed by atoms with van der Waals surface area (Å²) in [5.41, 5.74) is 6.88. The molecular weight excluding hydrogens is 242 g/mol. The van der Waals surface area contributed by atoms with E-state index >= 15 is 0 Å². The van der Waals surface area contributed by atoms with E-state index in [0.717, 1.165) is 24.8 Å². The molecule has 5 nitrogen and oxygen atoms in total. The maximum absolute atomic E-state index is 6.13. The molecule has 0 amide bonds. The second-order valence-corrected chi connectivity index (χ2v) is 5.00. The highest BCUT2D eigenvalue weighted by molar-refractivity contribution is 5.13. The topological polar surface area (TPSA) is 74.2 Å². The van der Waals surface area contributed by atoms with Crippen molar-refractivity contribution >= 4 is 0 Å². The lowest BCUT2D eigenvalue weighted by Crippen LogP contribution is -2.44. The van der Waals surface area contributed by atoms with Gasteiger partial charge in [0.15, 0.2) is 5.82 Å². The number of hydrogen-bond acceptors (Lipinski definition) is 5. The number of nitrogens with zero attached hydrogens (tertiary/aromatic N) is 2. The first kappa shape index (κ1) is 12.3. The monoisotopic (exact) mass is 259 g/mol. The van der Waals surface area contributed by atoms with E-state index in [1.54, 1.807) is 0 Å². The van der Waals surface area contributed by atoms with Crippen LogP contribution in [-0.4, -0.2) is 10.1 Å². The van der Waals surface area contributed by atoms with Crippen LogP contribution in [0, 0.1) is 0 Å². The maximum Gasteiger partial charge on any atom is 0.252 e. The van der Waals surface area contributed by atoms with E-state index in [-0.39, 0.29) is 5.54 Å². The minimum absolute atomic E-state index is 0.317. The molecule has 2 N–H and O–H groups in total. The fraction of sp³-hybridized carbons (Fsp3) is 0.429. The van der Waals surface area contributed by atoms with Crippen LogP contribution < -0.4 is 5.73 Å². The summed E-state index contributed by atoms with van der Waals surface area (Å²) in [6.45, 7) is 0.851. The fourth-order valence-electron chi connectivity index (χ4n) is 2.13. The van der Waals surface area contributed by atoms with Gasteiger partial charge < -0.3 is 15.0 Å². The zero-order valence-electron chi connectivity index (χ0n) is 10.7. The van der Waals surface area contributed by atoms with Gasteiger partial charge in [-0.1, -0.05) is 35.5 Å². The highest BCUT2D eigenvalue weighted by Crippen LogP contribution is 2.36. The van der Waals surface area contributed by atoms with Crippen LogP contribution in [0.15, 0.2) is 34.9 Å². The lowest BCUT2D eigenvalue weighted by molar-refractivity contribution is 0.0850. The largest absolute Gasteiger partial charge is 0.367 e. The van der Waals surface area contributed by atoms with Crippen molar-refractivity contribution in [3.63, 3.8) is 0 Å². The molecule has 1 aromatic carbocycles. The van der Waals surface area contributed by atoms with Gasteiger partial charge in [0.1, 0.15) is 6.61 Å². The third-order valence-electron chi connectivity index (χ3n) is 3.50. The van der Waals surface area contributed by atoms with E-state index < -0.39 is 0 Å². The molecule has 2 aromatic rings. The van der Waals surface area contributed by atoms with Crippen molar-refractivity contribution in [1.29, 1.82) is 0 Å². The summed E-state index contributed by atoms with van der Waals surface area (Å²) >= 11 is 0. The summed E-state index contributed by atoms with van der Waals surface area (Å²) in [6, 6.07) is 9.98. The molecular formula is C14H17N3O2. The Kier molecular flexibility index (Phi) is 3.31. The van der Waals surface area contributed by atoms with Crippen LogP contribution in [0.25, 0.3) is 0 Å². The Morgan fingerprint density at radius 1 is 1.21 bits per heavy atom. The summed E-state index contributed by atoms with van der Waals surface area (Å²) in [6.07, 6.45) is 2.98. The van der Waals surface area contributed by atoms with E-state index in [0.29, 0.717) is 24.9 Å². The van der Waals surface area contributed by atoms with Crippen molar-refractivity contribution in [2.24, 2.45) is 5.73 Å². The molecule has 1 aliphatic carbocycles. The first-order valence-electron chi connectivity index (χ1n) is 6.50. The van der Waals surface area contributed by atoms with Crippen LogP contribution in [0.5, 0.6) is 0 Å². The predicted octanol–water partition coefficient (Wildman–Crippen LogP) is 2.12. The normalized spacial score (nSPS) is 17.1. The molecule has 0 saturated heterocycles. The van der Waals surface area contributed by atoms with Crippen molar-refractivity contribution < 1.29 is 9.26 Å². The number of benzene rings is 1. The van der Waals surface area contributed by atoms with Crippen molar-refractivity contribution in [2.75, 3.05) is 0 Å². The molecule has 0 unspecified atom stereocenters. The fourth-order valence-corrected chi connectivity index (χ4v) is 2.13. The van der Waals surface area contributed by atoms with Gasteiger partial charge >= 0.3 is 0 Å². The second-order valence-electron chi connectivity index (χ2n) is 5.00. The first-order chi connectivity index (χ1) is 9.26. The SMILES string of the molecule is NC1(c2noc(COCc3ccccc3)n2)CCC1. The molecule has 5 heteroatoms. The summed E-state index contributed by atoms with van der Waals surface area (Å²) in [4.78, 5) is 4.31. The first-order valence-corrected chi connectivity index (χ1v) is 6.50. The second kappa shape index (κ2) is 5.11. The minimum atomic E-state index is -0.374. The third-order valence-corrected chi connectivity index (χ3v) is 3.50. The predicted molar refractivity (Wildman–Crippen MR) is 68.9 cm³/mol. The quantitative estimate of drug-likeness (QED) is 0.890. The summed E-state index contributed by atoms with van der Waals surface area (Å²) < 4.78 is 10.7. The molecule has 100 valence electrons. The summed E-state index contributed by atoms with van der Waals surface area (Å²) in [5.74, 6) is 1.10. The van der Waals surface area contributed by atoms with Gasteiger partial charge in [0, 0.05) is 0 Å². The van der Waals surface area contributed by atoms with Crippen LogP contribution in [0.3, 0.4) is 0 Å². The highest BCUT2D eigenvalue weighted by atomic mass is 16.5. The number of aromatic nitrogens is 2. The zero-order valence-corrected chi connectivity index (χ0v) is 10.7. The van der Waals surface area contributed by atoms with Crippen LogP contribution in [0.1, 0.15) is 36.5 Å². The highest BCUT2D eigenvalue weighted by Gasteiger charge is 2.38. The van der Waals surface area contributed by atoms with Crippen LogP contribution in [-0.2, 0) is 23.5 Å². The number of ether oxygens (including phenoxy) is 1. The molecule has 1 saturated carbocycles. The molecule has 1 aromatic heterocycles. The van der Waals surface area contributed by atoms with Gasteiger partial charge in [0.25, 0.3) is 5.89 Å². The van der Waals surface area contributed by atoms with Gasteiger partial charge in [-0.05, 0) is 24.8 Å². The lowest BCUT2D eigenvalue weighted by atomic mass is 9.77. The van der Waals surface area contributed by atoms with E-state index in [4.69, 9.17) is 15.0 Å². The van der Waals surface area contributed by atoms with Crippen molar-refractivity contribution in [3.8, 4) is 0 Å². The molecule has 1 heterocycles. The summed E-state index contributed by atoms with van der Waals surface area (Å²) in [7, 11) is 0. The summed E-state index contributed by atoms with van der Waals surface area (Å²) in [5, 5.41) is 3.94. The molecule has 0 bridgehead atoms. The Balaban J connectivity index is 1.53. The van der Waals surface area contributed by atoms with Gasteiger partial charge in [0.05, 0.1) is 12.1 Å². The van der Waals surface area contributed by atoms with E-state index in [1.807, 2.05) is 30.3 Å². The van der Waals surface area contributed by atoms with Crippen molar-refractivity contribution in [2.45, 2.75) is 38.0 Å². The third kappa shape index (κ3) is 2.67. The standard InChI is InChI=1S/C14H17N3O2/c15-14(7-4-8-14)13-16-12(19-17-13)10-18-9-11-5-2-1-3-6-11/h1-3,5-6H,4,7-10,15H2. The van der Waals surface area contributed by atoms with Crippen LogP contribution >= 0.6 is 0 Å². The van der Waals surface area contributed by atoms with Crippen molar-refractivity contribution in [1.82, 2.24) is 10.1 Å². The van der Waals surface area contributed by atoms with Gasteiger partial charge in [-0.25, -0.2) is 0 Å².